The first kappa shape index (κ1) is 13.7. The predicted octanol–water partition coefficient (Wildman–Crippen LogP) is 3.34. The van der Waals surface area contributed by atoms with Crippen molar-refractivity contribution in [1.29, 1.82) is 0 Å². The Bertz CT molecular complexity index is 468. The second-order valence-electron chi connectivity index (χ2n) is 6.31. The van der Waals surface area contributed by atoms with E-state index < -0.39 is 0 Å². The van der Waals surface area contributed by atoms with Crippen LogP contribution in [0.25, 0.3) is 0 Å². The van der Waals surface area contributed by atoms with Crippen LogP contribution in [0.4, 0.5) is 4.39 Å². The van der Waals surface area contributed by atoms with Crippen LogP contribution in [-0.4, -0.2) is 28.8 Å². The van der Waals surface area contributed by atoms with Gasteiger partial charge in [-0.25, -0.2) is 4.39 Å². The molecule has 0 saturated carbocycles. The smallest absolute Gasteiger partial charge is 0.136 e. The standard InChI is InChI=1S/C17H22FNO/c1-12(9-13-5-7-14(18)8-6-13)19-15-3-2-4-16(19)11-17(20)10-15/h5-8,12,15-16H,2-4,9-11H2,1H3. The van der Waals surface area contributed by atoms with Crippen molar-refractivity contribution in [2.75, 3.05) is 0 Å². The molecule has 2 saturated heterocycles. The Labute approximate surface area is 120 Å². The first-order chi connectivity index (χ1) is 9.63. The summed E-state index contributed by atoms with van der Waals surface area (Å²) in [6.07, 6.45) is 5.93. The average Bonchev–Trinajstić information content (AvgIpc) is 2.40. The van der Waals surface area contributed by atoms with Crippen molar-refractivity contribution < 1.29 is 9.18 Å². The van der Waals surface area contributed by atoms with E-state index in [2.05, 4.69) is 11.8 Å². The Morgan fingerprint density at radius 2 is 1.80 bits per heavy atom. The Kier molecular flexibility index (Phi) is 3.88. The molecule has 2 nitrogen and oxygen atoms in total. The largest absolute Gasteiger partial charge is 0.300 e. The van der Waals surface area contributed by atoms with Gasteiger partial charge in [0.15, 0.2) is 0 Å². The fourth-order valence-corrected chi connectivity index (χ4v) is 4.00. The van der Waals surface area contributed by atoms with Gasteiger partial charge in [-0.15, -0.1) is 0 Å². The van der Waals surface area contributed by atoms with Crippen LogP contribution in [0.2, 0.25) is 0 Å². The van der Waals surface area contributed by atoms with Gasteiger partial charge in [-0.3, -0.25) is 9.69 Å². The van der Waals surface area contributed by atoms with E-state index in [1.165, 1.54) is 24.1 Å². The Balaban J connectivity index is 1.71. The average molecular weight is 275 g/mol. The summed E-state index contributed by atoms with van der Waals surface area (Å²) < 4.78 is 13.0. The van der Waals surface area contributed by atoms with Gasteiger partial charge in [-0.05, 0) is 43.9 Å². The van der Waals surface area contributed by atoms with Gasteiger partial charge in [-0.2, -0.15) is 0 Å². The van der Waals surface area contributed by atoms with Gasteiger partial charge in [0.1, 0.15) is 11.6 Å². The van der Waals surface area contributed by atoms with E-state index in [4.69, 9.17) is 0 Å². The summed E-state index contributed by atoms with van der Waals surface area (Å²) in [6.45, 7) is 2.24. The van der Waals surface area contributed by atoms with Crippen LogP contribution < -0.4 is 0 Å². The molecule has 20 heavy (non-hydrogen) atoms. The van der Waals surface area contributed by atoms with E-state index in [0.717, 1.165) is 32.1 Å². The monoisotopic (exact) mass is 275 g/mol. The van der Waals surface area contributed by atoms with Crippen molar-refractivity contribution in [3.8, 4) is 0 Å². The minimum atomic E-state index is -0.179. The zero-order valence-electron chi connectivity index (χ0n) is 12.0. The molecule has 2 heterocycles. The number of hydrogen-bond donors (Lipinski definition) is 0. The minimum Gasteiger partial charge on any atom is -0.300 e. The molecule has 0 radical (unpaired) electrons. The molecule has 3 unspecified atom stereocenters. The fraction of sp³-hybridized carbons (Fsp3) is 0.588. The number of carbonyl (C=O) groups excluding carboxylic acids is 1. The number of carbonyl (C=O) groups is 1. The number of benzene rings is 1. The lowest BCUT2D eigenvalue weighted by molar-refractivity contribution is -0.128. The number of nitrogens with zero attached hydrogens (tertiary/aromatic N) is 1. The summed E-state index contributed by atoms with van der Waals surface area (Å²) in [5.41, 5.74) is 1.17. The molecule has 2 fully saturated rings. The summed E-state index contributed by atoms with van der Waals surface area (Å²) >= 11 is 0. The molecule has 0 spiro atoms. The van der Waals surface area contributed by atoms with E-state index in [0.29, 0.717) is 23.9 Å². The van der Waals surface area contributed by atoms with Gasteiger partial charge in [0.2, 0.25) is 0 Å². The predicted molar refractivity (Wildman–Crippen MR) is 77.1 cm³/mol. The highest BCUT2D eigenvalue weighted by atomic mass is 19.1. The number of piperidine rings is 2. The third kappa shape index (κ3) is 2.78. The Morgan fingerprint density at radius 1 is 1.20 bits per heavy atom. The van der Waals surface area contributed by atoms with Gasteiger partial charge in [0, 0.05) is 31.0 Å². The fourth-order valence-electron chi connectivity index (χ4n) is 4.00. The zero-order valence-corrected chi connectivity index (χ0v) is 12.0. The van der Waals surface area contributed by atoms with Crippen LogP contribution in [0.3, 0.4) is 0 Å². The van der Waals surface area contributed by atoms with E-state index >= 15 is 0 Å². The van der Waals surface area contributed by atoms with Crippen LogP contribution in [0.5, 0.6) is 0 Å². The molecule has 2 aliphatic heterocycles. The zero-order chi connectivity index (χ0) is 14.1. The van der Waals surface area contributed by atoms with Crippen LogP contribution in [-0.2, 0) is 11.2 Å². The van der Waals surface area contributed by atoms with Gasteiger partial charge in [0.25, 0.3) is 0 Å². The maximum absolute atomic E-state index is 13.0. The first-order valence-corrected chi connectivity index (χ1v) is 7.67. The molecule has 3 atom stereocenters. The van der Waals surface area contributed by atoms with Crippen molar-refractivity contribution in [2.45, 2.75) is 63.6 Å². The Morgan fingerprint density at radius 3 is 2.40 bits per heavy atom. The quantitative estimate of drug-likeness (QED) is 0.843. The van der Waals surface area contributed by atoms with Crippen molar-refractivity contribution in [2.24, 2.45) is 0 Å². The highest BCUT2D eigenvalue weighted by molar-refractivity contribution is 5.80. The molecule has 3 rings (SSSR count). The van der Waals surface area contributed by atoms with Crippen molar-refractivity contribution in [3.05, 3.63) is 35.6 Å². The number of fused-ring (bicyclic) bond motifs is 2. The summed E-state index contributed by atoms with van der Waals surface area (Å²) in [6, 6.07) is 8.10. The SMILES string of the molecule is CC(Cc1ccc(F)cc1)N1C2CCCC1CC(=O)C2. The molecule has 1 aromatic rings. The van der Waals surface area contributed by atoms with E-state index in [-0.39, 0.29) is 5.82 Å². The molecule has 2 aliphatic rings. The second kappa shape index (κ2) is 5.65. The van der Waals surface area contributed by atoms with Crippen LogP contribution >= 0.6 is 0 Å². The van der Waals surface area contributed by atoms with Crippen LogP contribution in [0, 0.1) is 5.82 Å². The van der Waals surface area contributed by atoms with Crippen molar-refractivity contribution in [3.63, 3.8) is 0 Å². The molecular formula is C17H22FNO. The summed E-state index contributed by atoms with van der Waals surface area (Å²) in [5, 5.41) is 0. The van der Waals surface area contributed by atoms with E-state index in [9.17, 15) is 9.18 Å². The highest BCUT2D eigenvalue weighted by Crippen LogP contribution is 2.34. The van der Waals surface area contributed by atoms with Gasteiger partial charge in [0.05, 0.1) is 0 Å². The second-order valence-corrected chi connectivity index (χ2v) is 6.31. The third-order valence-electron chi connectivity index (χ3n) is 4.80. The number of Topliss-reactive ketones (excluding diaryl/α,β-unsaturated/α-hetero) is 1. The molecule has 0 aliphatic carbocycles. The van der Waals surface area contributed by atoms with Crippen LogP contribution in [0.15, 0.2) is 24.3 Å². The van der Waals surface area contributed by atoms with E-state index in [1.807, 2.05) is 12.1 Å². The Hall–Kier alpha value is -1.22. The molecule has 0 N–H and O–H groups in total. The molecule has 3 heteroatoms. The van der Waals surface area contributed by atoms with E-state index in [1.54, 1.807) is 0 Å². The van der Waals surface area contributed by atoms with Crippen molar-refractivity contribution in [1.82, 2.24) is 4.90 Å². The maximum atomic E-state index is 13.0. The highest BCUT2D eigenvalue weighted by Gasteiger charge is 2.39. The lowest BCUT2D eigenvalue weighted by Crippen LogP contribution is -2.56. The molecule has 1 aromatic carbocycles. The topological polar surface area (TPSA) is 20.3 Å². The number of rotatable bonds is 3. The molecule has 0 amide bonds. The van der Waals surface area contributed by atoms with Gasteiger partial charge < -0.3 is 0 Å². The third-order valence-corrected chi connectivity index (χ3v) is 4.80. The molecule has 108 valence electrons. The maximum Gasteiger partial charge on any atom is 0.136 e. The molecular weight excluding hydrogens is 253 g/mol. The first-order valence-electron chi connectivity index (χ1n) is 7.67. The van der Waals surface area contributed by atoms with Crippen molar-refractivity contribution >= 4 is 5.78 Å². The number of halogens is 1. The molecule has 2 bridgehead atoms. The normalized spacial score (nSPS) is 28.4. The minimum absolute atomic E-state index is 0.179. The van der Waals surface area contributed by atoms with Crippen LogP contribution in [0.1, 0.15) is 44.6 Å². The lowest BCUT2D eigenvalue weighted by Gasteiger charge is -2.48. The van der Waals surface area contributed by atoms with Gasteiger partial charge in [-0.1, -0.05) is 18.6 Å². The van der Waals surface area contributed by atoms with Gasteiger partial charge >= 0.3 is 0 Å². The summed E-state index contributed by atoms with van der Waals surface area (Å²) in [7, 11) is 0. The molecule has 0 aromatic heterocycles. The lowest BCUT2D eigenvalue weighted by atomic mass is 9.82. The summed E-state index contributed by atoms with van der Waals surface area (Å²) in [4.78, 5) is 14.3. The summed E-state index contributed by atoms with van der Waals surface area (Å²) in [5.74, 6) is 0.256. The number of hydrogen-bond acceptors (Lipinski definition) is 2. The number of ketones is 1.